The molecule has 1 aromatic carbocycles. The Morgan fingerprint density at radius 3 is 2.71 bits per heavy atom. The van der Waals surface area contributed by atoms with E-state index in [1.165, 1.54) is 10.4 Å². The van der Waals surface area contributed by atoms with Crippen molar-refractivity contribution in [2.45, 2.75) is 24.2 Å². The van der Waals surface area contributed by atoms with Crippen molar-refractivity contribution in [2.24, 2.45) is 0 Å². The molecule has 134 valence electrons. The van der Waals surface area contributed by atoms with Gasteiger partial charge in [0.25, 0.3) is 0 Å². The minimum Gasteiger partial charge on any atom is -0.383 e. The van der Waals surface area contributed by atoms with Crippen LogP contribution in [0.25, 0.3) is 0 Å². The van der Waals surface area contributed by atoms with Gasteiger partial charge in [-0.05, 0) is 31.0 Å². The van der Waals surface area contributed by atoms with Crippen LogP contribution in [0.15, 0.2) is 29.2 Å². The Balaban J connectivity index is 1.99. The molecule has 1 aliphatic rings. The maximum atomic E-state index is 12.7. The van der Waals surface area contributed by atoms with Crippen LogP contribution in [0, 0.1) is 0 Å². The number of nitrogens with zero attached hydrogens (tertiary/aromatic N) is 1. The lowest BCUT2D eigenvalue weighted by atomic mass is 10.2. The van der Waals surface area contributed by atoms with Crippen LogP contribution in [-0.2, 0) is 19.6 Å². The van der Waals surface area contributed by atoms with Crippen LogP contribution in [0.5, 0.6) is 0 Å². The van der Waals surface area contributed by atoms with Crippen molar-refractivity contribution in [3.8, 4) is 0 Å². The molecule has 1 aliphatic heterocycles. The van der Waals surface area contributed by atoms with Crippen LogP contribution in [0.2, 0.25) is 0 Å². The van der Waals surface area contributed by atoms with Gasteiger partial charge in [0.05, 0.1) is 18.0 Å². The van der Waals surface area contributed by atoms with Crippen molar-refractivity contribution in [1.82, 2.24) is 9.62 Å². The lowest BCUT2D eigenvalue weighted by Gasteiger charge is -2.26. The number of hydrogen-bond donors (Lipinski definition) is 2. The summed E-state index contributed by atoms with van der Waals surface area (Å²) in [6.45, 7) is 2.36. The summed E-state index contributed by atoms with van der Waals surface area (Å²) in [7, 11) is -1.90. The number of benzene rings is 1. The summed E-state index contributed by atoms with van der Waals surface area (Å²) in [5.74, 6) is -0.223. The quantitative estimate of drug-likeness (QED) is 0.680. The highest BCUT2D eigenvalue weighted by Gasteiger charge is 2.26. The van der Waals surface area contributed by atoms with Crippen molar-refractivity contribution >= 4 is 21.6 Å². The van der Waals surface area contributed by atoms with Crippen LogP contribution in [0.4, 0.5) is 5.69 Å². The van der Waals surface area contributed by atoms with Gasteiger partial charge >= 0.3 is 0 Å². The molecule has 0 unspecified atom stereocenters. The monoisotopic (exact) mass is 355 g/mol. The molecule has 2 rings (SSSR count). The van der Waals surface area contributed by atoms with E-state index >= 15 is 0 Å². The summed E-state index contributed by atoms with van der Waals surface area (Å²) in [5.41, 5.74) is 0.478. The predicted octanol–water partition coefficient (Wildman–Crippen LogP) is 1.04. The van der Waals surface area contributed by atoms with Crippen LogP contribution < -0.4 is 10.6 Å². The second-order valence-corrected chi connectivity index (χ2v) is 7.65. The molecule has 1 aromatic rings. The maximum Gasteiger partial charge on any atom is 0.243 e. The smallest absolute Gasteiger partial charge is 0.243 e. The normalized spacial score (nSPS) is 16.0. The standard InChI is InChI=1S/C16H25N3O4S/c1-23-11-8-17-13-16(20)18-14-6-5-7-15(12-14)24(21,22)19-9-3-2-4-10-19/h5-7,12,17H,2-4,8-11,13H2,1H3,(H,18,20). The van der Waals surface area contributed by atoms with Gasteiger partial charge in [-0.15, -0.1) is 0 Å². The third kappa shape index (κ3) is 5.27. The number of ether oxygens (including phenoxy) is 1. The number of carbonyl (C=O) groups is 1. The summed E-state index contributed by atoms with van der Waals surface area (Å²) in [6.07, 6.45) is 2.85. The van der Waals surface area contributed by atoms with Crippen LogP contribution in [0.1, 0.15) is 19.3 Å². The van der Waals surface area contributed by atoms with Crippen molar-refractivity contribution in [3.63, 3.8) is 0 Å². The number of hydrogen-bond acceptors (Lipinski definition) is 5. The molecule has 0 aliphatic carbocycles. The summed E-state index contributed by atoms with van der Waals surface area (Å²) in [4.78, 5) is 12.1. The molecule has 1 heterocycles. The first kappa shape index (κ1) is 18.9. The highest BCUT2D eigenvalue weighted by atomic mass is 32.2. The Hall–Kier alpha value is -1.48. The zero-order valence-electron chi connectivity index (χ0n) is 14.0. The van der Waals surface area contributed by atoms with Gasteiger partial charge in [-0.2, -0.15) is 4.31 Å². The van der Waals surface area contributed by atoms with Crippen molar-refractivity contribution in [2.75, 3.05) is 45.2 Å². The first-order valence-corrected chi connectivity index (χ1v) is 9.58. The molecule has 0 radical (unpaired) electrons. The second kappa shape index (κ2) is 9.12. The average Bonchev–Trinajstić information content (AvgIpc) is 2.60. The van der Waals surface area contributed by atoms with Crippen molar-refractivity contribution < 1.29 is 17.9 Å². The Kier molecular flexibility index (Phi) is 7.16. The first-order chi connectivity index (χ1) is 11.5. The van der Waals surface area contributed by atoms with Gasteiger partial charge in [-0.3, -0.25) is 4.79 Å². The number of methoxy groups -OCH3 is 1. The Bertz CT molecular complexity index is 642. The topological polar surface area (TPSA) is 87.7 Å². The number of sulfonamides is 1. The molecule has 1 amide bonds. The van der Waals surface area contributed by atoms with Crippen LogP contribution >= 0.6 is 0 Å². The van der Waals surface area contributed by atoms with Crippen LogP contribution in [0.3, 0.4) is 0 Å². The maximum absolute atomic E-state index is 12.7. The molecular weight excluding hydrogens is 330 g/mol. The fraction of sp³-hybridized carbons (Fsp3) is 0.562. The molecule has 0 aromatic heterocycles. The summed E-state index contributed by atoms with van der Waals surface area (Å²) in [6, 6.07) is 6.40. The van der Waals surface area contributed by atoms with Crippen molar-refractivity contribution in [1.29, 1.82) is 0 Å². The first-order valence-electron chi connectivity index (χ1n) is 8.14. The van der Waals surface area contributed by atoms with E-state index in [4.69, 9.17) is 4.74 Å². The van der Waals surface area contributed by atoms with Gasteiger partial charge in [0.1, 0.15) is 0 Å². The lowest BCUT2D eigenvalue weighted by molar-refractivity contribution is -0.115. The third-order valence-corrected chi connectivity index (χ3v) is 5.73. The SMILES string of the molecule is COCCNCC(=O)Nc1cccc(S(=O)(=O)N2CCCCC2)c1. The largest absolute Gasteiger partial charge is 0.383 e. The third-order valence-electron chi connectivity index (χ3n) is 3.84. The minimum absolute atomic E-state index is 0.145. The molecule has 1 saturated heterocycles. The van der Waals surface area contributed by atoms with Crippen LogP contribution in [-0.4, -0.2) is 58.5 Å². The molecule has 0 spiro atoms. The van der Waals surface area contributed by atoms with E-state index in [0.29, 0.717) is 31.9 Å². The van der Waals surface area contributed by atoms with E-state index < -0.39 is 10.0 Å². The van der Waals surface area contributed by atoms with Gasteiger partial charge in [-0.25, -0.2) is 8.42 Å². The predicted molar refractivity (Wildman–Crippen MR) is 92.4 cm³/mol. The highest BCUT2D eigenvalue weighted by Crippen LogP contribution is 2.22. The van der Waals surface area contributed by atoms with Gasteiger partial charge in [0.2, 0.25) is 15.9 Å². The van der Waals surface area contributed by atoms with Gasteiger partial charge in [-0.1, -0.05) is 12.5 Å². The van der Waals surface area contributed by atoms with Gasteiger partial charge in [0, 0.05) is 32.4 Å². The molecular formula is C16H25N3O4S. The zero-order valence-corrected chi connectivity index (χ0v) is 14.8. The van der Waals surface area contributed by atoms with E-state index in [2.05, 4.69) is 10.6 Å². The van der Waals surface area contributed by atoms with E-state index in [9.17, 15) is 13.2 Å². The minimum atomic E-state index is -3.49. The fourth-order valence-corrected chi connectivity index (χ4v) is 4.13. The van der Waals surface area contributed by atoms with Gasteiger partial charge < -0.3 is 15.4 Å². The zero-order chi connectivity index (χ0) is 17.4. The molecule has 1 fully saturated rings. The number of rotatable bonds is 8. The lowest BCUT2D eigenvalue weighted by Crippen LogP contribution is -2.35. The highest BCUT2D eigenvalue weighted by molar-refractivity contribution is 7.89. The van der Waals surface area contributed by atoms with E-state index in [1.807, 2.05) is 0 Å². The van der Waals surface area contributed by atoms with E-state index in [-0.39, 0.29) is 17.3 Å². The molecule has 8 heteroatoms. The number of nitrogens with one attached hydrogen (secondary N) is 2. The van der Waals surface area contributed by atoms with E-state index in [0.717, 1.165) is 19.3 Å². The number of anilines is 1. The van der Waals surface area contributed by atoms with Crippen molar-refractivity contribution in [3.05, 3.63) is 24.3 Å². The molecule has 0 atom stereocenters. The Morgan fingerprint density at radius 1 is 1.25 bits per heavy atom. The second-order valence-electron chi connectivity index (χ2n) is 5.71. The molecule has 0 saturated carbocycles. The average molecular weight is 355 g/mol. The van der Waals surface area contributed by atoms with Gasteiger partial charge in [0.15, 0.2) is 0 Å². The molecule has 24 heavy (non-hydrogen) atoms. The molecule has 2 N–H and O–H groups in total. The summed E-state index contributed by atoms with van der Waals surface area (Å²) < 4.78 is 31.7. The fourth-order valence-electron chi connectivity index (χ4n) is 2.57. The number of amides is 1. The number of carbonyl (C=O) groups excluding carboxylic acids is 1. The Morgan fingerprint density at radius 2 is 2.00 bits per heavy atom. The number of piperidine rings is 1. The Labute approximate surface area is 143 Å². The summed E-state index contributed by atoms with van der Waals surface area (Å²) >= 11 is 0. The molecule has 7 nitrogen and oxygen atoms in total. The van der Waals surface area contributed by atoms with E-state index in [1.54, 1.807) is 25.3 Å². The summed E-state index contributed by atoms with van der Waals surface area (Å²) in [5, 5.41) is 5.65. The molecule has 0 bridgehead atoms.